The molecule has 0 radical (unpaired) electrons. The Hall–Kier alpha value is -0.870. The first-order valence-corrected chi connectivity index (χ1v) is 8.03. The van der Waals surface area contributed by atoms with Crippen LogP contribution < -0.4 is 5.32 Å². The number of hydrogen-bond acceptors (Lipinski definition) is 3. The molecule has 2 heterocycles. The van der Waals surface area contributed by atoms with Gasteiger partial charge in [0.2, 0.25) is 0 Å². The van der Waals surface area contributed by atoms with E-state index in [1.165, 1.54) is 44.2 Å². The van der Waals surface area contributed by atoms with Crippen molar-refractivity contribution in [1.82, 2.24) is 15.1 Å². The second-order valence-corrected chi connectivity index (χ2v) is 6.53. The third-order valence-corrected chi connectivity index (χ3v) is 5.13. The molecule has 0 aromatic carbocycles. The molecule has 2 unspecified atom stereocenters. The van der Waals surface area contributed by atoms with E-state index in [1.54, 1.807) is 0 Å². The van der Waals surface area contributed by atoms with Crippen LogP contribution in [0.15, 0.2) is 12.3 Å². The number of nitrogens with one attached hydrogen (secondary N) is 1. The van der Waals surface area contributed by atoms with Crippen LogP contribution in [-0.2, 0) is 11.8 Å². The van der Waals surface area contributed by atoms with Crippen molar-refractivity contribution in [3.63, 3.8) is 0 Å². The zero-order valence-electron chi connectivity index (χ0n) is 12.8. The predicted octanol–water partition coefficient (Wildman–Crippen LogP) is 2.81. The van der Waals surface area contributed by atoms with Crippen molar-refractivity contribution < 1.29 is 4.74 Å². The van der Waals surface area contributed by atoms with Gasteiger partial charge in [0.05, 0.1) is 17.3 Å². The van der Waals surface area contributed by atoms with Crippen molar-refractivity contribution in [3.8, 4) is 0 Å². The first-order chi connectivity index (χ1) is 9.72. The van der Waals surface area contributed by atoms with Gasteiger partial charge in [-0.05, 0) is 44.7 Å². The average Bonchev–Trinajstić information content (AvgIpc) is 2.87. The van der Waals surface area contributed by atoms with Crippen LogP contribution in [0.5, 0.6) is 0 Å². The van der Waals surface area contributed by atoms with Crippen molar-refractivity contribution in [2.45, 2.75) is 56.6 Å². The molecule has 1 saturated carbocycles. The van der Waals surface area contributed by atoms with Crippen LogP contribution in [0.1, 0.15) is 56.7 Å². The number of hydrogen-bond donors (Lipinski definition) is 1. The zero-order valence-corrected chi connectivity index (χ0v) is 12.8. The van der Waals surface area contributed by atoms with Gasteiger partial charge in [-0.15, -0.1) is 0 Å². The quantitative estimate of drug-likeness (QED) is 0.923. The monoisotopic (exact) mass is 277 g/mol. The fraction of sp³-hybridized carbons (Fsp3) is 0.812. The van der Waals surface area contributed by atoms with Gasteiger partial charge in [-0.3, -0.25) is 4.68 Å². The van der Waals surface area contributed by atoms with Crippen molar-refractivity contribution in [1.29, 1.82) is 0 Å². The van der Waals surface area contributed by atoms with Crippen molar-refractivity contribution in [2.75, 3.05) is 13.7 Å². The van der Waals surface area contributed by atoms with Crippen LogP contribution in [0.4, 0.5) is 0 Å². The Kier molecular flexibility index (Phi) is 4.13. The van der Waals surface area contributed by atoms with Crippen molar-refractivity contribution in [3.05, 3.63) is 18.0 Å². The summed E-state index contributed by atoms with van der Waals surface area (Å²) >= 11 is 0. The summed E-state index contributed by atoms with van der Waals surface area (Å²) in [5.74, 6) is 0.641. The van der Waals surface area contributed by atoms with Crippen molar-refractivity contribution >= 4 is 0 Å². The Morgan fingerprint density at radius 1 is 1.40 bits per heavy atom. The molecule has 20 heavy (non-hydrogen) atoms. The van der Waals surface area contributed by atoms with E-state index in [9.17, 15) is 0 Å². The summed E-state index contributed by atoms with van der Waals surface area (Å²) in [5, 5.41) is 8.10. The van der Waals surface area contributed by atoms with Gasteiger partial charge in [0, 0.05) is 19.9 Å². The minimum absolute atomic E-state index is 0.172. The average molecular weight is 277 g/mol. The fourth-order valence-electron chi connectivity index (χ4n) is 4.12. The minimum atomic E-state index is 0.172. The maximum Gasteiger partial charge on any atom is 0.0796 e. The van der Waals surface area contributed by atoms with Crippen LogP contribution in [0.2, 0.25) is 0 Å². The third-order valence-electron chi connectivity index (χ3n) is 5.13. The van der Waals surface area contributed by atoms with Crippen LogP contribution in [0, 0.1) is 5.92 Å². The first-order valence-electron chi connectivity index (χ1n) is 8.03. The van der Waals surface area contributed by atoms with Gasteiger partial charge in [0.1, 0.15) is 0 Å². The zero-order chi connectivity index (χ0) is 14.0. The SMILES string of the molecule is CNC(c1ccn(C)n1)C1CCOC2(CCCCC2)C1. The molecular formula is C16H27N3O. The lowest BCUT2D eigenvalue weighted by Gasteiger charge is -2.45. The molecule has 1 aliphatic heterocycles. The minimum Gasteiger partial charge on any atom is -0.375 e. The summed E-state index contributed by atoms with van der Waals surface area (Å²) in [4.78, 5) is 0. The Morgan fingerprint density at radius 2 is 2.20 bits per heavy atom. The molecule has 1 aromatic rings. The Labute approximate surface area is 121 Å². The number of rotatable bonds is 3. The van der Waals surface area contributed by atoms with E-state index >= 15 is 0 Å². The molecule has 4 heteroatoms. The summed E-state index contributed by atoms with van der Waals surface area (Å²) in [6, 6.07) is 2.50. The highest BCUT2D eigenvalue weighted by molar-refractivity contribution is 5.08. The molecule has 1 spiro atoms. The van der Waals surface area contributed by atoms with E-state index in [0.717, 1.165) is 13.0 Å². The van der Waals surface area contributed by atoms with Gasteiger partial charge >= 0.3 is 0 Å². The number of ether oxygens (including phenoxy) is 1. The Balaban J connectivity index is 1.74. The smallest absolute Gasteiger partial charge is 0.0796 e. The molecule has 1 N–H and O–H groups in total. The molecule has 3 rings (SSSR count). The molecule has 1 saturated heterocycles. The Bertz CT molecular complexity index is 431. The normalized spacial score (nSPS) is 27.6. The maximum atomic E-state index is 6.22. The molecule has 4 nitrogen and oxygen atoms in total. The number of aromatic nitrogens is 2. The summed E-state index contributed by atoms with van der Waals surface area (Å²) < 4.78 is 8.12. The molecule has 0 amide bonds. The molecule has 0 bridgehead atoms. The fourth-order valence-corrected chi connectivity index (χ4v) is 4.12. The van der Waals surface area contributed by atoms with Gasteiger partial charge < -0.3 is 10.1 Å². The van der Waals surface area contributed by atoms with Crippen LogP contribution in [0.3, 0.4) is 0 Å². The van der Waals surface area contributed by atoms with E-state index in [2.05, 4.69) is 23.5 Å². The second kappa shape index (κ2) is 5.86. The standard InChI is InChI=1S/C16H27N3O/c1-17-15(14-6-10-19(2)18-14)13-7-11-20-16(12-13)8-4-3-5-9-16/h6,10,13,15,17H,3-5,7-9,11-12H2,1-2H3. The number of aryl methyl sites for hydroxylation is 1. The largest absolute Gasteiger partial charge is 0.375 e. The lowest BCUT2D eigenvalue weighted by atomic mass is 9.73. The molecule has 2 atom stereocenters. The van der Waals surface area contributed by atoms with Gasteiger partial charge in [-0.25, -0.2) is 0 Å². The highest BCUT2D eigenvalue weighted by Gasteiger charge is 2.41. The summed E-state index contributed by atoms with van der Waals surface area (Å²) in [7, 11) is 4.05. The number of nitrogens with zero attached hydrogens (tertiary/aromatic N) is 2. The lowest BCUT2D eigenvalue weighted by molar-refractivity contribution is -0.122. The van der Waals surface area contributed by atoms with Crippen LogP contribution in [-0.4, -0.2) is 29.0 Å². The van der Waals surface area contributed by atoms with Gasteiger partial charge in [0.15, 0.2) is 0 Å². The Morgan fingerprint density at radius 3 is 2.85 bits per heavy atom. The maximum absolute atomic E-state index is 6.22. The molecular weight excluding hydrogens is 250 g/mol. The predicted molar refractivity (Wildman–Crippen MR) is 79.5 cm³/mol. The summed E-state index contributed by atoms with van der Waals surface area (Å²) in [6.07, 6.45) is 10.9. The molecule has 2 aliphatic rings. The summed E-state index contributed by atoms with van der Waals surface area (Å²) in [5.41, 5.74) is 1.35. The first kappa shape index (κ1) is 14.1. The van der Waals surface area contributed by atoms with Gasteiger partial charge in [-0.1, -0.05) is 19.3 Å². The molecule has 1 aliphatic carbocycles. The van der Waals surface area contributed by atoms with Crippen LogP contribution >= 0.6 is 0 Å². The third kappa shape index (κ3) is 2.77. The molecule has 112 valence electrons. The van der Waals surface area contributed by atoms with Gasteiger partial charge in [-0.2, -0.15) is 5.10 Å². The topological polar surface area (TPSA) is 39.1 Å². The van der Waals surface area contributed by atoms with Crippen LogP contribution in [0.25, 0.3) is 0 Å². The van der Waals surface area contributed by atoms with Gasteiger partial charge in [0.25, 0.3) is 0 Å². The van der Waals surface area contributed by atoms with E-state index < -0.39 is 0 Å². The second-order valence-electron chi connectivity index (χ2n) is 6.53. The highest BCUT2D eigenvalue weighted by Crippen LogP contribution is 2.43. The molecule has 2 fully saturated rings. The van der Waals surface area contributed by atoms with E-state index in [-0.39, 0.29) is 5.60 Å². The van der Waals surface area contributed by atoms with E-state index in [1.807, 2.05) is 17.9 Å². The van der Waals surface area contributed by atoms with E-state index in [0.29, 0.717) is 12.0 Å². The molecule has 1 aromatic heterocycles. The van der Waals surface area contributed by atoms with Crippen molar-refractivity contribution in [2.24, 2.45) is 13.0 Å². The lowest BCUT2D eigenvalue weighted by Crippen LogP contribution is -2.44. The summed E-state index contributed by atoms with van der Waals surface area (Å²) in [6.45, 7) is 0.912. The van der Waals surface area contributed by atoms with E-state index in [4.69, 9.17) is 4.74 Å². The highest BCUT2D eigenvalue weighted by atomic mass is 16.5.